The van der Waals surface area contributed by atoms with Crippen LogP contribution in [-0.4, -0.2) is 21.6 Å². The van der Waals surface area contributed by atoms with Crippen molar-refractivity contribution >= 4 is 17.5 Å². The molecular weight excluding hydrogens is 268 g/mol. The van der Waals surface area contributed by atoms with Crippen molar-refractivity contribution in [2.75, 3.05) is 5.32 Å². The molecule has 2 N–H and O–H groups in total. The summed E-state index contributed by atoms with van der Waals surface area (Å²) in [6.45, 7) is 1.94. The van der Waals surface area contributed by atoms with E-state index in [1.54, 1.807) is 42.2 Å². The zero-order valence-electron chi connectivity index (χ0n) is 12.0. The van der Waals surface area contributed by atoms with Crippen molar-refractivity contribution in [2.24, 2.45) is 7.05 Å². The first-order chi connectivity index (χ1) is 10.1. The van der Waals surface area contributed by atoms with Crippen LogP contribution >= 0.6 is 0 Å². The summed E-state index contributed by atoms with van der Waals surface area (Å²) in [5.41, 5.74) is 1.45. The van der Waals surface area contributed by atoms with Gasteiger partial charge in [-0.25, -0.2) is 0 Å². The molecule has 1 atom stereocenters. The number of hydrogen-bond donors (Lipinski definition) is 2. The lowest BCUT2D eigenvalue weighted by molar-refractivity contribution is -0.136. The van der Waals surface area contributed by atoms with E-state index in [0.717, 1.165) is 5.69 Å². The van der Waals surface area contributed by atoms with Crippen LogP contribution in [0.1, 0.15) is 25.1 Å². The van der Waals surface area contributed by atoms with Crippen LogP contribution in [0, 0.1) is 0 Å². The molecular formula is C15H18N4O2. The number of nitrogens with one attached hydrogen (secondary N) is 2. The fraction of sp³-hybridized carbons (Fsp3) is 0.267. The Morgan fingerprint density at radius 2 is 1.90 bits per heavy atom. The molecule has 0 saturated heterocycles. The molecule has 0 fully saturated rings. The van der Waals surface area contributed by atoms with Crippen LogP contribution in [0.25, 0.3) is 0 Å². The molecule has 1 aromatic carbocycles. The van der Waals surface area contributed by atoms with Crippen LogP contribution in [-0.2, 0) is 16.6 Å². The molecule has 0 bridgehead atoms. The van der Waals surface area contributed by atoms with Crippen LogP contribution in [0.3, 0.4) is 0 Å². The molecule has 6 nitrogen and oxygen atoms in total. The van der Waals surface area contributed by atoms with E-state index in [9.17, 15) is 9.59 Å². The van der Waals surface area contributed by atoms with Crippen molar-refractivity contribution in [3.05, 3.63) is 48.3 Å². The second kappa shape index (κ2) is 6.69. The quantitative estimate of drug-likeness (QED) is 0.839. The van der Waals surface area contributed by atoms with Crippen molar-refractivity contribution < 1.29 is 9.59 Å². The highest BCUT2D eigenvalue weighted by Gasteiger charge is 2.20. The van der Waals surface area contributed by atoms with E-state index in [2.05, 4.69) is 15.7 Å². The number of benzene rings is 1. The summed E-state index contributed by atoms with van der Waals surface area (Å²) >= 11 is 0. The van der Waals surface area contributed by atoms with E-state index in [1.165, 1.54) is 0 Å². The summed E-state index contributed by atoms with van der Waals surface area (Å²) in [4.78, 5) is 23.8. The molecule has 0 radical (unpaired) electrons. The van der Waals surface area contributed by atoms with Gasteiger partial charge in [0.1, 0.15) is 0 Å². The Labute approximate surface area is 123 Å². The molecule has 2 aromatic rings. The minimum Gasteiger partial charge on any atom is -0.339 e. The van der Waals surface area contributed by atoms with Gasteiger partial charge >= 0.3 is 11.8 Å². The van der Waals surface area contributed by atoms with Crippen molar-refractivity contribution in [1.29, 1.82) is 0 Å². The van der Waals surface area contributed by atoms with E-state index in [0.29, 0.717) is 12.1 Å². The van der Waals surface area contributed by atoms with Crippen LogP contribution in [0.4, 0.5) is 5.69 Å². The number of nitrogens with zero attached hydrogens (tertiary/aromatic N) is 2. The summed E-state index contributed by atoms with van der Waals surface area (Å²) in [7, 11) is 1.80. The molecule has 0 saturated carbocycles. The van der Waals surface area contributed by atoms with Gasteiger partial charge in [0.2, 0.25) is 0 Å². The number of rotatable bonds is 4. The zero-order chi connectivity index (χ0) is 15.2. The van der Waals surface area contributed by atoms with Crippen molar-refractivity contribution in [1.82, 2.24) is 15.1 Å². The van der Waals surface area contributed by atoms with E-state index in [1.807, 2.05) is 19.1 Å². The van der Waals surface area contributed by atoms with Crippen molar-refractivity contribution in [3.63, 3.8) is 0 Å². The molecule has 2 amide bonds. The second-order valence-corrected chi connectivity index (χ2v) is 4.63. The number of anilines is 1. The Morgan fingerprint density at radius 3 is 2.48 bits per heavy atom. The number of aromatic nitrogens is 2. The van der Waals surface area contributed by atoms with E-state index < -0.39 is 11.8 Å². The highest BCUT2D eigenvalue weighted by Crippen LogP contribution is 2.15. The average Bonchev–Trinajstić information content (AvgIpc) is 2.91. The summed E-state index contributed by atoms with van der Waals surface area (Å²) in [5, 5.41) is 9.35. The topological polar surface area (TPSA) is 76.0 Å². The van der Waals surface area contributed by atoms with E-state index in [-0.39, 0.29) is 6.04 Å². The highest BCUT2D eigenvalue weighted by molar-refractivity contribution is 6.39. The van der Waals surface area contributed by atoms with Gasteiger partial charge in [0.25, 0.3) is 0 Å². The SMILES string of the molecule is CC[C@@H](NC(=O)C(=O)Nc1ccccc1)c1ccnn1C. The van der Waals surface area contributed by atoms with E-state index in [4.69, 9.17) is 0 Å². The van der Waals surface area contributed by atoms with Gasteiger partial charge in [-0.2, -0.15) is 5.10 Å². The summed E-state index contributed by atoms with van der Waals surface area (Å²) in [6, 6.07) is 10.4. The van der Waals surface area contributed by atoms with Gasteiger partial charge in [0.15, 0.2) is 0 Å². The standard InChI is InChI=1S/C15H18N4O2/c1-3-12(13-9-10-16-19(13)2)18-15(21)14(20)17-11-7-5-4-6-8-11/h4-10,12H,3H2,1-2H3,(H,17,20)(H,18,21)/t12-/m1/s1. The van der Waals surface area contributed by atoms with Crippen LogP contribution in [0.15, 0.2) is 42.6 Å². The molecule has 0 aliphatic rings. The fourth-order valence-electron chi connectivity index (χ4n) is 2.04. The monoisotopic (exact) mass is 286 g/mol. The van der Waals surface area contributed by atoms with E-state index >= 15 is 0 Å². The largest absolute Gasteiger partial charge is 0.339 e. The maximum atomic E-state index is 12.0. The first-order valence-electron chi connectivity index (χ1n) is 6.76. The lowest BCUT2D eigenvalue weighted by Crippen LogP contribution is -2.38. The first-order valence-corrected chi connectivity index (χ1v) is 6.76. The number of amides is 2. The Balaban J connectivity index is 2.00. The van der Waals surface area contributed by atoms with Gasteiger partial charge in [-0.05, 0) is 24.6 Å². The number of carbonyl (C=O) groups is 2. The van der Waals surface area contributed by atoms with Gasteiger partial charge < -0.3 is 10.6 Å². The molecule has 2 rings (SSSR count). The minimum atomic E-state index is -0.679. The molecule has 0 aliphatic carbocycles. The van der Waals surface area contributed by atoms with Crippen LogP contribution in [0.2, 0.25) is 0 Å². The summed E-state index contributed by atoms with van der Waals surface area (Å²) in [5.74, 6) is -1.34. The Morgan fingerprint density at radius 1 is 1.19 bits per heavy atom. The maximum Gasteiger partial charge on any atom is 0.313 e. The van der Waals surface area contributed by atoms with Crippen LogP contribution in [0.5, 0.6) is 0 Å². The maximum absolute atomic E-state index is 12.0. The summed E-state index contributed by atoms with van der Waals surface area (Å²) < 4.78 is 1.68. The third kappa shape index (κ3) is 3.68. The first kappa shape index (κ1) is 14.8. The third-order valence-corrected chi connectivity index (χ3v) is 3.17. The van der Waals surface area contributed by atoms with Gasteiger partial charge in [0.05, 0.1) is 11.7 Å². The molecule has 6 heteroatoms. The van der Waals surface area contributed by atoms with Gasteiger partial charge in [-0.1, -0.05) is 25.1 Å². The van der Waals surface area contributed by atoms with Crippen molar-refractivity contribution in [3.8, 4) is 0 Å². The molecule has 110 valence electrons. The molecule has 1 aromatic heterocycles. The lowest BCUT2D eigenvalue weighted by Gasteiger charge is -2.17. The molecule has 0 aliphatic heterocycles. The highest BCUT2D eigenvalue weighted by atomic mass is 16.2. The predicted octanol–water partition coefficient (Wildman–Crippen LogP) is 1.63. The smallest absolute Gasteiger partial charge is 0.313 e. The number of para-hydroxylation sites is 1. The van der Waals surface area contributed by atoms with Crippen LogP contribution < -0.4 is 10.6 Å². The third-order valence-electron chi connectivity index (χ3n) is 3.17. The Kier molecular flexibility index (Phi) is 4.71. The summed E-state index contributed by atoms with van der Waals surface area (Å²) in [6.07, 6.45) is 2.33. The minimum absolute atomic E-state index is 0.244. The Hall–Kier alpha value is -2.63. The molecule has 21 heavy (non-hydrogen) atoms. The molecule has 0 unspecified atom stereocenters. The lowest BCUT2D eigenvalue weighted by atomic mass is 10.1. The van der Waals surface area contributed by atoms with Gasteiger partial charge in [-0.15, -0.1) is 0 Å². The molecule has 1 heterocycles. The van der Waals surface area contributed by atoms with Gasteiger partial charge in [-0.3, -0.25) is 14.3 Å². The fourth-order valence-corrected chi connectivity index (χ4v) is 2.04. The number of carbonyl (C=O) groups excluding carboxylic acids is 2. The number of aryl methyl sites for hydroxylation is 1. The molecule has 0 spiro atoms. The zero-order valence-corrected chi connectivity index (χ0v) is 12.0. The normalized spacial score (nSPS) is 11.7. The number of hydrogen-bond acceptors (Lipinski definition) is 3. The average molecular weight is 286 g/mol. The Bertz CT molecular complexity index is 622. The predicted molar refractivity (Wildman–Crippen MR) is 79.5 cm³/mol. The second-order valence-electron chi connectivity index (χ2n) is 4.63. The van der Waals surface area contributed by atoms with Crippen molar-refractivity contribution in [2.45, 2.75) is 19.4 Å². The van der Waals surface area contributed by atoms with Gasteiger partial charge in [0, 0.05) is 18.9 Å².